The van der Waals surface area contributed by atoms with Crippen molar-refractivity contribution in [2.45, 2.75) is 83.8 Å². The molecule has 1 aliphatic rings. The first-order chi connectivity index (χ1) is 23.1. The molecule has 0 saturated carbocycles. The summed E-state index contributed by atoms with van der Waals surface area (Å²) in [6.07, 6.45) is 3.40. The molecule has 0 spiro atoms. The lowest BCUT2D eigenvalue weighted by Crippen LogP contribution is -2.53. The minimum Gasteiger partial charge on any atom is -0.467 e. The number of aromatic nitrogens is 1. The Hall–Kier alpha value is -4.40. The number of likely N-dealkylation sites (tertiary alicyclic amines) is 1. The monoisotopic (exact) mass is 704 g/mol. The molecule has 268 valence electrons. The fourth-order valence-corrected chi connectivity index (χ4v) is 6.18. The van der Waals surface area contributed by atoms with E-state index in [-0.39, 0.29) is 43.8 Å². The third-order valence-electron chi connectivity index (χ3n) is 8.06. The van der Waals surface area contributed by atoms with Gasteiger partial charge in [-0.05, 0) is 69.1 Å². The van der Waals surface area contributed by atoms with Crippen LogP contribution in [0.25, 0.3) is 0 Å². The van der Waals surface area contributed by atoms with Gasteiger partial charge in [-0.15, -0.1) is 0 Å². The lowest BCUT2D eigenvalue weighted by molar-refractivity contribution is -0.147. The highest BCUT2D eigenvalue weighted by Gasteiger charge is 2.40. The number of ketones is 1. The third-order valence-corrected chi connectivity index (χ3v) is 8.75. The molecule has 2 N–H and O–H groups in total. The highest BCUT2D eigenvalue weighted by atomic mass is 32.2. The van der Waals surface area contributed by atoms with E-state index in [0.29, 0.717) is 30.6 Å². The van der Waals surface area contributed by atoms with E-state index >= 15 is 0 Å². The van der Waals surface area contributed by atoms with Gasteiger partial charge in [-0.2, -0.15) is 0 Å². The predicted molar refractivity (Wildman–Crippen MR) is 177 cm³/mol. The van der Waals surface area contributed by atoms with E-state index in [1.165, 1.54) is 48.4 Å². The Bertz CT molecular complexity index is 1620. The van der Waals surface area contributed by atoms with Crippen LogP contribution in [0.3, 0.4) is 0 Å². The normalized spacial score (nSPS) is 16.7. The molecule has 49 heavy (non-hydrogen) atoms. The van der Waals surface area contributed by atoms with E-state index in [0.717, 1.165) is 11.7 Å². The molecule has 0 radical (unpaired) electrons. The van der Waals surface area contributed by atoms with Crippen molar-refractivity contribution < 1.29 is 46.0 Å². The molecule has 0 bridgehead atoms. The van der Waals surface area contributed by atoms with Crippen molar-refractivity contribution >= 4 is 39.3 Å². The van der Waals surface area contributed by atoms with Gasteiger partial charge in [0.05, 0.1) is 13.2 Å². The Balaban J connectivity index is 1.88. The lowest BCUT2D eigenvalue weighted by Gasteiger charge is -2.30. The summed E-state index contributed by atoms with van der Waals surface area (Å²) < 4.78 is 46.7. The number of allylic oxidation sites excluding steroid dienone is 1. The Morgan fingerprint density at radius 2 is 1.82 bits per heavy atom. The first kappa shape index (κ1) is 39.0. The third kappa shape index (κ3) is 12.2. The van der Waals surface area contributed by atoms with Gasteiger partial charge >= 0.3 is 5.97 Å². The van der Waals surface area contributed by atoms with Crippen LogP contribution < -0.4 is 10.6 Å². The van der Waals surface area contributed by atoms with Gasteiger partial charge in [-0.3, -0.25) is 19.2 Å². The Morgan fingerprint density at radius 3 is 2.41 bits per heavy atom. The maximum atomic E-state index is 14.2. The number of nitrogens with one attached hydrogen (secondary N) is 2. The zero-order chi connectivity index (χ0) is 36.3. The Morgan fingerprint density at radius 1 is 1.12 bits per heavy atom. The van der Waals surface area contributed by atoms with Gasteiger partial charge in [0.2, 0.25) is 11.8 Å². The number of nitrogens with zero attached hydrogens (tertiary/aromatic N) is 2. The number of aryl methyl sites for hydroxylation is 1. The van der Waals surface area contributed by atoms with Crippen LogP contribution in [0.15, 0.2) is 46.3 Å². The number of ether oxygens (including phenoxy) is 1. The number of carbonyl (C=O) groups excluding carboxylic acids is 5. The van der Waals surface area contributed by atoms with E-state index in [9.17, 15) is 36.8 Å². The second-order valence-electron chi connectivity index (χ2n) is 12.7. The quantitative estimate of drug-likeness (QED) is 0.232. The van der Waals surface area contributed by atoms with E-state index in [2.05, 4.69) is 15.8 Å². The molecule has 1 aliphatic heterocycles. The minimum absolute atomic E-state index is 0.0183. The smallest absolute Gasteiger partial charge is 0.328 e. The van der Waals surface area contributed by atoms with Crippen LogP contribution in [0.1, 0.15) is 74.2 Å². The summed E-state index contributed by atoms with van der Waals surface area (Å²) in [5.74, 6) is -3.83. The Kier molecular flexibility index (Phi) is 14.2. The molecule has 2 heterocycles. The zero-order valence-electron chi connectivity index (χ0n) is 28.4. The van der Waals surface area contributed by atoms with Crippen LogP contribution in [0.2, 0.25) is 0 Å². The highest BCUT2D eigenvalue weighted by Crippen LogP contribution is 2.25. The number of benzene rings is 1. The SMILES string of the molecule is COC(=O)C(CC(C)C)NC(=O)[C@@H]1CCCN1C(=O)C(CC(=O)[C@H](CC/C=C/S(C)(=O)=O)NC(=O)c1cc(C)on1)Cc1ccc(F)cc1. The number of hydrogen-bond donors (Lipinski definition) is 2. The van der Waals surface area contributed by atoms with E-state index in [4.69, 9.17) is 9.26 Å². The molecular weight excluding hydrogens is 659 g/mol. The molecule has 1 fully saturated rings. The summed E-state index contributed by atoms with van der Waals surface area (Å²) in [6, 6.07) is 3.95. The van der Waals surface area contributed by atoms with Gasteiger partial charge in [-0.25, -0.2) is 17.6 Å². The molecule has 3 amide bonds. The summed E-state index contributed by atoms with van der Waals surface area (Å²) in [4.78, 5) is 68.3. The van der Waals surface area contributed by atoms with Gasteiger partial charge in [0.25, 0.3) is 5.91 Å². The van der Waals surface area contributed by atoms with E-state index in [1.54, 1.807) is 6.92 Å². The fraction of sp³-hybridized carbons (Fsp3) is 0.529. The summed E-state index contributed by atoms with van der Waals surface area (Å²) in [5, 5.41) is 10.1. The van der Waals surface area contributed by atoms with Crippen molar-refractivity contribution in [1.82, 2.24) is 20.7 Å². The second kappa shape index (κ2) is 17.8. The van der Waals surface area contributed by atoms with Crippen LogP contribution in [0, 0.1) is 24.6 Å². The molecular formula is C34H45FN4O9S. The van der Waals surface area contributed by atoms with Crippen molar-refractivity contribution in [1.29, 1.82) is 0 Å². The van der Waals surface area contributed by atoms with Crippen molar-refractivity contribution in [3.05, 3.63) is 64.7 Å². The molecule has 4 atom stereocenters. The minimum atomic E-state index is -3.43. The number of halogens is 1. The fourth-order valence-electron chi connectivity index (χ4n) is 5.70. The number of Topliss-reactive ketones (excluding diaryl/α,β-unsaturated/α-hetero) is 1. The Labute approximate surface area is 285 Å². The second-order valence-corrected chi connectivity index (χ2v) is 14.7. The van der Waals surface area contributed by atoms with Crippen LogP contribution >= 0.6 is 0 Å². The number of amides is 3. The molecule has 1 aromatic heterocycles. The van der Waals surface area contributed by atoms with Gasteiger partial charge in [0.15, 0.2) is 21.3 Å². The lowest BCUT2D eigenvalue weighted by atomic mass is 9.89. The van der Waals surface area contributed by atoms with Gasteiger partial charge < -0.3 is 24.8 Å². The standard InChI is InChI=1S/C34H45FN4O9S/c1-21(2)17-28(34(44)47-4)37-32(42)29-10-8-15-39(29)33(43)24(19-23-11-13-25(35)14-12-23)20-30(40)26(9-6-7-16-49(5,45)46)36-31(41)27-18-22(3)48-38-27/h7,11-14,16,18,21,24,26,28-29H,6,8-10,15,17,19-20H2,1-5H3,(H,36,41)(H,37,42)/b16-7+/t24?,26-,28?,29-/m0/s1. The number of hydrogen-bond acceptors (Lipinski definition) is 10. The largest absolute Gasteiger partial charge is 0.467 e. The van der Waals surface area contributed by atoms with Gasteiger partial charge in [0.1, 0.15) is 23.7 Å². The van der Waals surface area contributed by atoms with Crippen LogP contribution in [-0.2, 0) is 40.2 Å². The van der Waals surface area contributed by atoms with Gasteiger partial charge in [-0.1, -0.05) is 37.2 Å². The van der Waals surface area contributed by atoms with E-state index < -0.39 is 69.2 Å². The molecule has 15 heteroatoms. The number of carbonyl (C=O) groups is 5. The van der Waals surface area contributed by atoms with Crippen LogP contribution in [0.5, 0.6) is 0 Å². The maximum absolute atomic E-state index is 14.2. The van der Waals surface area contributed by atoms with Gasteiger partial charge in [0, 0.05) is 36.6 Å². The van der Waals surface area contributed by atoms with Crippen LogP contribution in [0.4, 0.5) is 4.39 Å². The van der Waals surface area contributed by atoms with Crippen molar-refractivity contribution in [2.24, 2.45) is 11.8 Å². The first-order valence-corrected chi connectivity index (χ1v) is 18.1. The average Bonchev–Trinajstić information content (AvgIpc) is 3.71. The maximum Gasteiger partial charge on any atom is 0.328 e. The molecule has 3 rings (SSSR count). The number of rotatable bonds is 17. The number of methoxy groups -OCH3 is 1. The average molecular weight is 705 g/mol. The van der Waals surface area contributed by atoms with Crippen LogP contribution in [-0.4, -0.2) is 86.0 Å². The van der Waals surface area contributed by atoms with Crippen molar-refractivity contribution in [2.75, 3.05) is 19.9 Å². The molecule has 2 unspecified atom stereocenters. The molecule has 2 aromatic rings. The number of esters is 1. The summed E-state index contributed by atoms with van der Waals surface area (Å²) in [7, 11) is -2.20. The van der Waals surface area contributed by atoms with Crippen molar-refractivity contribution in [3.63, 3.8) is 0 Å². The summed E-state index contributed by atoms with van der Waals surface area (Å²) in [6.45, 7) is 5.63. The molecule has 13 nitrogen and oxygen atoms in total. The number of sulfone groups is 1. The topological polar surface area (TPSA) is 182 Å². The summed E-state index contributed by atoms with van der Waals surface area (Å²) in [5.41, 5.74) is 0.514. The van der Waals surface area contributed by atoms with E-state index in [1.807, 2.05) is 13.8 Å². The zero-order valence-corrected chi connectivity index (χ0v) is 29.3. The molecule has 1 aromatic carbocycles. The predicted octanol–water partition coefficient (Wildman–Crippen LogP) is 3.07. The van der Waals surface area contributed by atoms with Crippen molar-refractivity contribution in [3.8, 4) is 0 Å². The molecule has 0 aliphatic carbocycles. The first-order valence-electron chi connectivity index (χ1n) is 16.1. The summed E-state index contributed by atoms with van der Waals surface area (Å²) >= 11 is 0. The molecule has 1 saturated heterocycles. The highest BCUT2D eigenvalue weighted by molar-refractivity contribution is 7.93.